The second-order valence-electron chi connectivity index (χ2n) is 5.26. The molecule has 5 heteroatoms. The highest BCUT2D eigenvalue weighted by Crippen LogP contribution is 2.28. The monoisotopic (exact) mass is 277 g/mol. The van der Waals surface area contributed by atoms with E-state index in [9.17, 15) is 4.79 Å². The molecule has 0 radical (unpaired) electrons. The fraction of sp³-hybridized carbons (Fsp3) is 0.600. The number of pyridine rings is 1. The molecule has 0 saturated heterocycles. The molecule has 0 spiro atoms. The quantitative estimate of drug-likeness (QED) is 0.728. The molecular formula is C15H23N3O2. The number of methoxy groups -OCH3 is 1. The van der Waals surface area contributed by atoms with Gasteiger partial charge in [-0.05, 0) is 37.8 Å². The second kappa shape index (κ2) is 7.36. The van der Waals surface area contributed by atoms with Crippen LogP contribution in [0.5, 0.6) is 0 Å². The normalized spacial score (nSPS) is 15.9. The lowest BCUT2D eigenvalue weighted by Gasteiger charge is -2.25. The van der Waals surface area contributed by atoms with Gasteiger partial charge in [0.2, 0.25) is 5.91 Å². The van der Waals surface area contributed by atoms with Crippen LogP contribution in [-0.4, -0.2) is 41.6 Å². The third-order valence-electron chi connectivity index (χ3n) is 3.51. The topological polar surface area (TPSA) is 68.5 Å². The standard InChI is InChI=1S/C15H23N3O2/c1-20-10-4-6-14(16)15(19)18(13-7-8-13)11-12-5-2-3-9-17-12/h2-3,5,9,13-14H,4,6-8,10-11,16H2,1H3. The van der Waals surface area contributed by atoms with E-state index in [1.54, 1.807) is 13.3 Å². The minimum Gasteiger partial charge on any atom is -0.385 e. The molecule has 1 saturated carbocycles. The zero-order valence-corrected chi connectivity index (χ0v) is 12.0. The highest BCUT2D eigenvalue weighted by Gasteiger charge is 2.34. The zero-order chi connectivity index (χ0) is 14.4. The molecule has 1 aliphatic rings. The average Bonchev–Trinajstić information content (AvgIpc) is 3.30. The lowest BCUT2D eigenvalue weighted by Crippen LogP contribution is -2.44. The molecule has 1 fully saturated rings. The lowest BCUT2D eigenvalue weighted by molar-refractivity contribution is -0.134. The maximum absolute atomic E-state index is 12.5. The first-order chi connectivity index (χ1) is 9.72. The third-order valence-corrected chi connectivity index (χ3v) is 3.51. The lowest BCUT2D eigenvalue weighted by atomic mass is 10.1. The fourth-order valence-electron chi connectivity index (χ4n) is 2.22. The van der Waals surface area contributed by atoms with E-state index >= 15 is 0 Å². The number of carbonyl (C=O) groups excluding carboxylic acids is 1. The summed E-state index contributed by atoms with van der Waals surface area (Å²) in [5, 5.41) is 0. The molecule has 0 aliphatic heterocycles. The Balaban J connectivity index is 1.92. The van der Waals surface area contributed by atoms with Gasteiger partial charge in [-0.2, -0.15) is 0 Å². The van der Waals surface area contributed by atoms with Crippen LogP contribution in [0, 0.1) is 0 Å². The minimum atomic E-state index is -0.436. The summed E-state index contributed by atoms with van der Waals surface area (Å²) in [6.45, 7) is 1.20. The van der Waals surface area contributed by atoms with Crippen LogP contribution in [-0.2, 0) is 16.1 Å². The highest BCUT2D eigenvalue weighted by molar-refractivity contribution is 5.82. The first-order valence-electron chi connectivity index (χ1n) is 7.17. The van der Waals surface area contributed by atoms with Gasteiger partial charge in [-0.3, -0.25) is 9.78 Å². The molecule has 1 aliphatic carbocycles. The number of nitrogens with two attached hydrogens (primary N) is 1. The van der Waals surface area contributed by atoms with Crippen molar-refractivity contribution >= 4 is 5.91 Å². The molecule has 2 rings (SSSR count). The molecule has 1 aromatic rings. The summed E-state index contributed by atoms with van der Waals surface area (Å²) < 4.78 is 5.00. The molecular weight excluding hydrogens is 254 g/mol. The van der Waals surface area contributed by atoms with E-state index < -0.39 is 6.04 Å². The fourth-order valence-corrected chi connectivity index (χ4v) is 2.22. The van der Waals surface area contributed by atoms with E-state index in [4.69, 9.17) is 10.5 Å². The van der Waals surface area contributed by atoms with Gasteiger partial charge in [0.15, 0.2) is 0 Å². The molecule has 1 atom stereocenters. The Bertz CT molecular complexity index is 420. The first kappa shape index (κ1) is 14.9. The highest BCUT2D eigenvalue weighted by atomic mass is 16.5. The summed E-state index contributed by atoms with van der Waals surface area (Å²) in [4.78, 5) is 18.6. The number of nitrogens with zero attached hydrogens (tertiary/aromatic N) is 2. The molecule has 20 heavy (non-hydrogen) atoms. The van der Waals surface area contributed by atoms with Gasteiger partial charge in [-0.1, -0.05) is 6.07 Å². The number of aromatic nitrogens is 1. The third kappa shape index (κ3) is 4.28. The molecule has 1 amide bonds. The molecule has 1 heterocycles. The number of amides is 1. The number of hydrogen-bond donors (Lipinski definition) is 1. The van der Waals surface area contributed by atoms with Gasteiger partial charge < -0.3 is 15.4 Å². The maximum Gasteiger partial charge on any atom is 0.240 e. The van der Waals surface area contributed by atoms with Gasteiger partial charge in [-0.25, -0.2) is 0 Å². The zero-order valence-electron chi connectivity index (χ0n) is 12.0. The van der Waals surface area contributed by atoms with Crippen molar-refractivity contribution in [3.8, 4) is 0 Å². The molecule has 0 aromatic carbocycles. The molecule has 110 valence electrons. The van der Waals surface area contributed by atoms with Crippen LogP contribution < -0.4 is 5.73 Å². The summed E-state index contributed by atoms with van der Waals surface area (Å²) in [6, 6.07) is 5.67. The van der Waals surface area contributed by atoms with Gasteiger partial charge in [0.05, 0.1) is 18.3 Å². The van der Waals surface area contributed by atoms with Crippen LogP contribution in [0.2, 0.25) is 0 Å². The minimum absolute atomic E-state index is 0.0363. The Kier molecular flexibility index (Phi) is 5.49. The average molecular weight is 277 g/mol. The van der Waals surface area contributed by atoms with Crippen LogP contribution in [0.4, 0.5) is 0 Å². The number of carbonyl (C=O) groups is 1. The van der Waals surface area contributed by atoms with Crippen LogP contribution in [0.1, 0.15) is 31.4 Å². The van der Waals surface area contributed by atoms with Crippen molar-refractivity contribution in [2.45, 2.75) is 44.3 Å². The summed E-state index contributed by atoms with van der Waals surface area (Å²) in [7, 11) is 1.66. The Labute approximate surface area is 120 Å². The Morgan fingerprint density at radius 1 is 1.55 bits per heavy atom. The number of ether oxygens (including phenoxy) is 1. The summed E-state index contributed by atoms with van der Waals surface area (Å²) in [5.74, 6) is 0.0363. The van der Waals surface area contributed by atoms with E-state index in [1.807, 2.05) is 23.1 Å². The molecule has 2 N–H and O–H groups in total. The van der Waals surface area contributed by atoms with Gasteiger partial charge in [-0.15, -0.1) is 0 Å². The van der Waals surface area contributed by atoms with Gasteiger partial charge >= 0.3 is 0 Å². The Hall–Kier alpha value is -1.46. The van der Waals surface area contributed by atoms with Crippen LogP contribution in [0.25, 0.3) is 0 Å². The van der Waals surface area contributed by atoms with E-state index in [1.165, 1.54) is 0 Å². The Morgan fingerprint density at radius 2 is 2.35 bits per heavy atom. The van der Waals surface area contributed by atoms with Crippen molar-refractivity contribution in [3.05, 3.63) is 30.1 Å². The van der Waals surface area contributed by atoms with Crippen molar-refractivity contribution in [1.82, 2.24) is 9.88 Å². The summed E-state index contributed by atoms with van der Waals surface area (Å²) in [6.07, 6.45) is 5.37. The van der Waals surface area contributed by atoms with E-state index in [-0.39, 0.29) is 5.91 Å². The SMILES string of the molecule is COCCCC(N)C(=O)N(Cc1ccccn1)C1CC1. The maximum atomic E-state index is 12.5. The predicted molar refractivity (Wildman–Crippen MR) is 76.9 cm³/mol. The van der Waals surface area contributed by atoms with Crippen molar-refractivity contribution in [2.24, 2.45) is 5.73 Å². The van der Waals surface area contributed by atoms with Gasteiger partial charge in [0.25, 0.3) is 0 Å². The molecule has 1 unspecified atom stereocenters. The van der Waals surface area contributed by atoms with E-state index in [0.29, 0.717) is 25.6 Å². The van der Waals surface area contributed by atoms with E-state index in [2.05, 4.69) is 4.98 Å². The molecule has 1 aromatic heterocycles. The molecule has 0 bridgehead atoms. The van der Waals surface area contributed by atoms with E-state index in [0.717, 1.165) is 25.0 Å². The second-order valence-corrected chi connectivity index (χ2v) is 5.26. The smallest absolute Gasteiger partial charge is 0.240 e. The van der Waals surface area contributed by atoms with Crippen molar-refractivity contribution in [3.63, 3.8) is 0 Å². The van der Waals surface area contributed by atoms with Crippen LogP contribution in [0.3, 0.4) is 0 Å². The van der Waals surface area contributed by atoms with Crippen molar-refractivity contribution < 1.29 is 9.53 Å². The predicted octanol–water partition coefficient (Wildman–Crippen LogP) is 1.33. The van der Waals surface area contributed by atoms with Crippen LogP contribution in [0.15, 0.2) is 24.4 Å². The molecule has 5 nitrogen and oxygen atoms in total. The summed E-state index contributed by atoms with van der Waals surface area (Å²) >= 11 is 0. The van der Waals surface area contributed by atoms with Crippen LogP contribution >= 0.6 is 0 Å². The van der Waals surface area contributed by atoms with Gasteiger partial charge in [0.1, 0.15) is 0 Å². The summed E-state index contributed by atoms with van der Waals surface area (Å²) in [5.41, 5.74) is 6.92. The van der Waals surface area contributed by atoms with Crippen molar-refractivity contribution in [1.29, 1.82) is 0 Å². The Morgan fingerprint density at radius 3 is 2.95 bits per heavy atom. The van der Waals surface area contributed by atoms with Gasteiger partial charge in [0, 0.05) is 26.0 Å². The first-order valence-corrected chi connectivity index (χ1v) is 7.17. The van der Waals surface area contributed by atoms with Crippen molar-refractivity contribution in [2.75, 3.05) is 13.7 Å². The number of hydrogen-bond acceptors (Lipinski definition) is 4. The largest absolute Gasteiger partial charge is 0.385 e. The number of rotatable bonds is 8.